The molecule has 4 rings (SSSR count). The molecule has 0 heterocycles. The third kappa shape index (κ3) is 2.10. The Morgan fingerprint density at radius 3 is 2.38 bits per heavy atom. The number of fused-ring (bicyclic) bond motifs is 5. The molecule has 0 bridgehead atoms. The first-order valence-corrected chi connectivity index (χ1v) is 11.4. The minimum Gasteiger partial charge on any atom is -0.0654 e. The molecular formula is C24H42. The standard InChI is InChI=1S/C24H42/c1-6-9-18-10-11-20-19-12-15-22(3)13-7-8-14-23(22,4)21(19)16-17(2)24(18,20)5/h17-21H,6-16H2,1-5H3/t17-,18?,19?,20?,21?,22?,23?,24?/m0/s1. The molecule has 0 aromatic carbocycles. The highest BCUT2D eigenvalue weighted by Crippen LogP contribution is 2.72. The van der Waals surface area contributed by atoms with E-state index in [1.165, 1.54) is 51.4 Å². The summed E-state index contributed by atoms with van der Waals surface area (Å²) in [7, 11) is 0. The molecule has 0 amide bonds. The fourth-order valence-electron chi connectivity index (χ4n) is 8.90. The molecule has 0 aromatic rings. The van der Waals surface area contributed by atoms with E-state index in [2.05, 4.69) is 34.6 Å². The van der Waals surface area contributed by atoms with Crippen molar-refractivity contribution in [3.8, 4) is 0 Å². The molecule has 0 N–H and O–H groups in total. The van der Waals surface area contributed by atoms with Gasteiger partial charge >= 0.3 is 0 Å². The van der Waals surface area contributed by atoms with Crippen molar-refractivity contribution in [2.24, 2.45) is 45.8 Å². The van der Waals surface area contributed by atoms with E-state index in [0.29, 0.717) is 16.2 Å². The fourth-order valence-corrected chi connectivity index (χ4v) is 8.90. The van der Waals surface area contributed by atoms with Gasteiger partial charge in [0.1, 0.15) is 0 Å². The molecule has 0 spiro atoms. The van der Waals surface area contributed by atoms with Crippen LogP contribution in [0.15, 0.2) is 0 Å². The van der Waals surface area contributed by atoms with Crippen LogP contribution in [0.3, 0.4) is 0 Å². The topological polar surface area (TPSA) is 0 Å². The summed E-state index contributed by atoms with van der Waals surface area (Å²) in [6.07, 6.45) is 16.7. The van der Waals surface area contributed by atoms with E-state index in [1.807, 2.05) is 0 Å². The molecule has 4 aliphatic carbocycles. The molecule has 0 nitrogen and oxygen atoms in total. The lowest BCUT2D eigenvalue weighted by Crippen LogP contribution is -2.58. The van der Waals surface area contributed by atoms with Crippen LogP contribution in [0.4, 0.5) is 0 Å². The molecule has 8 atom stereocenters. The van der Waals surface area contributed by atoms with Crippen LogP contribution in [0, 0.1) is 45.8 Å². The molecule has 0 aromatic heterocycles. The van der Waals surface area contributed by atoms with E-state index in [-0.39, 0.29) is 0 Å². The van der Waals surface area contributed by atoms with Gasteiger partial charge in [-0.1, -0.05) is 60.3 Å². The van der Waals surface area contributed by atoms with Gasteiger partial charge in [-0.05, 0) is 90.8 Å². The van der Waals surface area contributed by atoms with Crippen molar-refractivity contribution in [2.45, 2.75) is 105 Å². The lowest BCUT2D eigenvalue weighted by molar-refractivity contribution is -0.168. The van der Waals surface area contributed by atoms with E-state index in [0.717, 1.165) is 29.6 Å². The molecule has 4 saturated carbocycles. The van der Waals surface area contributed by atoms with Crippen LogP contribution in [0.2, 0.25) is 0 Å². The molecule has 7 unspecified atom stereocenters. The maximum atomic E-state index is 2.73. The van der Waals surface area contributed by atoms with Crippen LogP contribution in [-0.4, -0.2) is 0 Å². The maximum absolute atomic E-state index is 2.73. The SMILES string of the molecule is CCCC1CCC2C3CCC4(C)CCCCC4(C)C3C[C@H](C)C12C. The van der Waals surface area contributed by atoms with Crippen LogP contribution in [0.25, 0.3) is 0 Å². The van der Waals surface area contributed by atoms with Gasteiger partial charge in [-0.15, -0.1) is 0 Å². The molecule has 0 heteroatoms. The summed E-state index contributed by atoms with van der Waals surface area (Å²) < 4.78 is 0. The number of rotatable bonds is 2. The Morgan fingerprint density at radius 1 is 0.875 bits per heavy atom. The van der Waals surface area contributed by atoms with Gasteiger partial charge in [0.2, 0.25) is 0 Å². The highest BCUT2D eigenvalue weighted by Gasteiger charge is 2.64. The van der Waals surface area contributed by atoms with E-state index in [9.17, 15) is 0 Å². The van der Waals surface area contributed by atoms with Gasteiger partial charge in [0, 0.05) is 0 Å². The van der Waals surface area contributed by atoms with Crippen LogP contribution in [-0.2, 0) is 0 Å². The largest absolute Gasteiger partial charge is 0.0654 e. The monoisotopic (exact) mass is 330 g/mol. The molecular weight excluding hydrogens is 288 g/mol. The van der Waals surface area contributed by atoms with E-state index < -0.39 is 0 Å². The Labute approximate surface area is 151 Å². The molecule has 4 aliphatic rings. The first-order valence-electron chi connectivity index (χ1n) is 11.4. The van der Waals surface area contributed by atoms with Crippen molar-refractivity contribution in [3.05, 3.63) is 0 Å². The van der Waals surface area contributed by atoms with Crippen LogP contribution in [0.1, 0.15) is 105 Å². The minimum absolute atomic E-state index is 0.645. The Balaban J connectivity index is 1.67. The second kappa shape index (κ2) is 5.75. The number of hydrogen-bond donors (Lipinski definition) is 0. The van der Waals surface area contributed by atoms with Crippen molar-refractivity contribution < 1.29 is 0 Å². The Hall–Kier alpha value is 0. The summed E-state index contributed by atoms with van der Waals surface area (Å²) in [6.45, 7) is 13.2. The number of hydrogen-bond acceptors (Lipinski definition) is 0. The Kier molecular flexibility index (Phi) is 4.17. The highest BCUT2D eigenvalue weighted by atomic mass is 14.7. The first kappa shape index (κ1) is 17.4. The summed E-state index contributed by atoms with van der Waals surface area (Å²) in [5.41, 5.74) is 1.96. The molecule has 0 aliphatic heterocycles. The normalized spacial score (nSPS) is 57.1. The summed E-state index contributed by atoms with van der Waals surface area (Å²) >= 11 is 0. The van der Waals surface area contributed by atoms with Crippen molar-refractivity contribution in [1.82, 2.24) is 0 Å². The van der Waals surface area contributed by atoms with Gasteiger partial charge in [-0.3, -0.25) is 0 Å². The van der Waals surface area contributed by atoms with Crippen molar-refractivity contribution in [1.29, 1.82) is 0 Å². The van der Waals surface area contributed by atoms with Crippen LogP contribution in [0.5, 0.6) is 0 Å². The third-order valence-electron chi connectivity index (χ3n) is 10.7. The van der Waals surface area contributed by atoms with Gasteiger partial charge in [0.05, 0.1) is 0 Å². The second-order valence-electron chi connectivity index (χ2n) is 11.2. The van der Waals surface area contributed by atoms with E-state index in [4.69, 9.17) is 0 Å². The van der Waals surface area contributed by atoms with Gasteiger partial charge in [0.25, 0.3) is 0 Å². The maximum Gasteiger partial charge on any atom is -0.0241 e. The fraction of sp³-hybridized carbons (Fsp3) is 1.00. The van der Waals surface area contributed by atoms with Gasteiger partial charge in [-0.2, -0.15) is 0 Å². The van der Waals surface area contributed by atoms with Gasteiger partial charge in [0.15, 0.2) is 0 Å². The zero-order chi connectivity index (χ0) is 17.2. The van der Waals surface area contributed by atoms with Crippen LogP contribution >= 0.6 is 0 Å². The average Bonchev–Trinajstić information content (AvgIpc) is 2.88. The minimum atomic E-state index is 0.645. The third-order valence-corrected chi connectivity index (χ3v) is 10.7. The van der Waals surface area contributed by atoms with E-state index in [1.54, 1.807) is 19.3 Å². The lowest BCUT2D eigenvalue weighted by atomic mass is 9.39. The second-order valence-corrected chi connectivity index (χ2v) is 11.2. The van der Waals surface area contributed by atoms with E-state index >= 15 is 0 Å². The van der Waals surface area contributed by atoms with Crippen molar-refractivity contribution in [3.63, 3.8) is 0 Å². The van der Waals surface area contributed by atoms with Gasteiger partial charge in [-0.25, -0.2) is 0 Å². The first-order chi connectivity index (χ1) is 11.4. The van der Waals surface area contributed by atoms with Crippen molar-refractivity contribution >= 4 is 0 Å². The zero-order valence-electron chi connectivity index (χ0n) is 17.2. The summed E-state index contributed by atoms with van der Waals surface area (Å²) in [6, 6.07) is 0. The smallest absolute Gasteiger partial charge is 0.0241 e. The molecule has 0 saturated heterocycles. The average molecular weight is 331 g/mol. The zero-order valence-corrected chi connectivity index (χ0v) is 17.2. The van der Waals surface area contributed by atoms with Crippen molar-refractivity contribution in [2.75, 3.05) is 0 Å². The molecule has 0 radical (unpaired) electrons. The molecule has 138 valence electrons. The molecule has 24 heavy (non-hydrogen) atoms. The highest BCUT2D eigenvalue weighted by molar-refractivity contribution is 5.13. The quantitative estimate of drug-likeness (QED) is 0.492. The Bertz CT molecular complexity index is 480. The summed E-state index contributed by atoms with van der Waals surface area (Å²) in [4.78, 5) is 0. The summed E-state index contributed by atoms with van der Waals surface area (Å²) in [5.74, 6) is 5.11. The lowest BCUT2D eigenvalue weighted by Gasteiger charge is -2.66. The Morgan fingerprint density at radius 2 is 1.62 bits per heavy atom. The van der Waals surface area contributed by atoms with Crippen LogP contribution < -0.4 is 0 Å². The predicted molar refractivity (Wildman–Crippen MR) is 104 cm³/mol. The van der Waals surface area contributed by atoms with Gasteiger partial charge < -0.3 is 0 Å². The predicted octanol–water partition coefficient (Wildman–Crippen LogP) is 7.47. The molecule has 4 fully saturated rings. The summed E-state index contributed by atoms with van der Waals surface area (Å²) in [5, 5.41) is 0.